The van der Waals surface area contributed by atoms with Gasteiger partial charge in [-0.25, -0.2) is 9.97 Å². The third-order valence-electron chi connectivity index (χ3n) is 13.5. The van der Waals surface area contributed by atoms with Gasteiger partial charge in [0.1, 0.15) is 0 Å². The normalized spacial score (nSPS) is 10.5. The quantitative estimate of drug-likeness (QED) is 0.140. The molecule has 0 N–H and O–H groups in total. The van der Waals surface area contributed by atoms with Gasteiger partial charge in [0, 0.05) is 60.8 Å². The van der Waals surface area contributed by atoms with Crippen molar-refractivity contribution in [3.05, 3.63) is 233 Å². The summed E-state index contributed by atoms with van der Waals surface area (Å²) in [6.45, 7) is 0. The van der Waals surface area contributed by atoms with Gasteiger partial charge < -0.3 is 4.57 Å². The molecule has 0 fully saturated rings. The summed E-state index contributed by atoms with van der Waals surface area (Å²) >= 11 is 0. The van der Waals surface area contributed by atoms with Crippen molar-refractivity contribution in [1.82, 2.24) is 14.5 Å². The van der Waals surface area contributed by atoms with Crippen molar-refractivity contribution in [2.24, 2.45) is 0 Å². The first-order valence-corrected chi connectivity index (χ1v) is 23.8. The van der Waals surface area contributed by atoms with E-state index in [4.69, 9.17) is 9.97 Å². The van der Waals surface area contributed by atoms with E-state index in [0.717, 1.165) is 11.1 Å². The van der Waals surface area contributed by atoms with E-state index in [0.29, 0.717) is 106 Å². The molecule has 0 saturated heterocycles. The first-order valence-electron chi connectivity index (χ1n) is 23.8. The molecule has 0 aliphatic rings. The Kier molecular flexibility index (Phi) is 12.1. The minimum absolute atomic E-state index is 0.120. The fraction of sp³-hybridized carbons (Fsp3) is 0. The Morgan fingerprint density at radius 1 is 0.299 bits per heavy atom. The Hall–Kier alpha value is -12.2. The van der Waals surface area contributed by atoms with Crippen LogP contribution in [0.5, 0.6) is 0 Å². The van der Waals surface area contributed by atoms with Crippen LogP contribution in [-0.2, 0) is 0 Å². The van der Waals surface area contributed by atoms with Crippen LogP contribution in [-0.4, -0.2) is 14.5 Å². The van der Waals surface area contributed by atoms with Crippen LogP contribution in [0.1, 0.15) is 44.5 Å². The van der Waals surface area contributed by atoms with Gasteiger partial charge in [0.25, 0.3) is 0 Å². The van der Waals surface area contributed by atoms with E-state index in [9.17, 15) is 42.1 Å². The van der Waals surface area contributed by atoms with Crippen molar-refractivity contribution in [2.45, 2.75) is 0 Å². The maximum Gasteiger partial charge on any atom is 0.160 e. The van der Waals surface area contributed by atoms with E-state index in [1.54, 1.807) is 36.4 Å². The van der Waals surface area contributed by atoms with Gasteiger partial charge in [-0.1, -0.05) is 109 Å². The summed E-state index contributed by atoms with van der Waals surface area (Å²) in [5, 5.41) is 84.6. The molecule has 0 aliphatic heterocycles. The maximum atomic E-state index is 10.9. The molecule has 2 heterocycles. The van der Waals surface area contributed by atoms with E-state index < -0.39 is 0 Å². The smallest absolute Gasteiger partial charge is 0.160 e. The second-order valence-corrected chi connectivity index (χ2v) is 17.8. The fourth-order valence-corrected chi connectivity index (χ4v) is 10.1. The molecule has 11 aromatic rings. The van der Waals surface area contributed by atoms with E-state index in [1.165, 1.54) is 24.3 Å². The van der Waals surface area contributed by atoms with Crippen molar-refractivity contribution >= 4 is 21.8 Å². The Morgan fingerprint density at radius 3 is 1.05 bits per heavy atom. The maximum absolute atomic E-state index is 10.9. The van der Waals surface area contributed by atoms with Crippen LogP contribution < -0.4 is 0 Å². The molecule has 2 aromatic heterocycles. The molecule has 0 amide bonds. The summed E-state index contributed by atoms with van der Waals surface area (Å²) in [6, 6.07) is 74.6. The lowest BCUT2D eigenvalue weighted by molar-refractivity contribution is 1.16. The Labute approximate surface area is 441 Å². The monoisotopic (exact) mass is 977 g/mol. The average molecular weight is 978 g/mol. The van der Waals surface area contributed by atoms with Crippen molar-refractivity contribution < 1.29 is 0 Å². The zero-order valence-electron chi connectivity index (χ0n) is 40.3. The summed E-state index contributed by atoms with van der Waals surface area (Å²) in [4.78, 5) is 10.5. The predicted molar refractivity (Wildman–Crippen MR) is 292 cm³/mol. The van der Waals surface area contributed by atoms with Crippen LogP contribution >= 0.6 is 0 Å². The zero-order valence-corrected chi connectivity index (χ0v) is 40.3. The van der Waals surface area contributed by atoms with Crippen LogP contribution in [0.3, 0.4) is 0 Å². The molecular weight excluding hydrogens is 947 g/mol. The van der Waals surface area contributed by atoms with Crippen molar-refractivity contribution in [3.8, 4) is 133 Å². The van der Waals surface area contributed by atoms with Gasteiger partial charge in [0.15, 0.2) is 5.82 Å². The molecule has 11 rings (SSSR count). The summed E-state index contributed by atoms with van der Waals surface area (Å²) in [6.07, 6.45) is 0. The van der Waals surface area contributed by atoms with Gasteiger partial charge in [0.2, 0.25) is 0 Å². The SMILES string of the molecule is N#Cc1cc(C#N)c(-c2ccc3c(c2)c2cc(-c4c(C#N)cc(C#N)cc4C#N)ccc2n3-c2c(-c3ccccc3C#N)cc(-c3nc(-c4ccccc4)cc(-c4ccccc4)n3)cc2-c2ccccc2C#N)c(C#N)c1. The highest BCUT2D eigenvalue weighted by Gasteiger charge is 2.27. The second kappa shape index (κ2) is 19.8. The molecule has 11 nitrogen and oxygen atoms in total. The summed E-state index contributed by atoms with van der Waals surface area (Å²) < 4.78 is 2.05. The van der Waals surface area contributed by atoms with E-state index in [1.807, 2.05) is 140 Å². The van der Waals surface area contributed by atoms with Crippen LogP contribution in [0.4, 0.5) is 0 Å². The molecule has 9 aromatic carbocycles. The van der Waals surface area contributed by atoms with Gasteiger partial charge in [-0.05, 0) is 90.0 Å². The van der Waals surface area contributed by atoms with Crippen molar-refractivity contribution in [2.75, 3.05) is 0 Å². The Morgan fingerprint density at radius 2 is 0.675 bits per heavy atom. The lowest BCUT2D eigenvalue weighted by Gasteiger charge is -2.22. The highest BCUT2D eigenvalue weighted by molar-refractivity contribution is 6.13. The first kappa shape index (κ1) is 47.1. The lowest BCUT2D eigenvalue weighted by Crippen LogP contribution is -2.04. The molecule has 0 bridgehead atoms. The first-order chi connectivity index (χ1) is 37.8. The number of nitriles is 8. The number of hydrogen-bond donors (Lipinski definition) is 0. The fourth-order valence-electron chi connectivity index (χ4n) is 10.1. The van der Waals surface area contributed by atoms with Crippen LogP contribution in [0.25, 0.3) is 106 Å². The topological polar surface area (TPSA) is 221 Å². The third-order valence-corrected chi connectivity index (χ3v) is 13.5. The van der Waals surface area contributed by atoms with Gasteiger partial charge >= 0.3 is 0 Å². The van der Waals surface area contributed by atoms with Gasteiger partial charge in [-0.2, -0.15) is 42.1 Å². The minimum atomic E-state index is 0.120. The number of fused-ring (bicyclic) bond motifs is 3. The van der Waals surface area contributed by atoms with E-state index in [-0.39, 0.29) is 33.4 Å². The summed E-state index contributed by atoms with van der Waals surface area (Å²) in [7, 11) is 0. The van der Waals surface area contributed by atoms with Crippen LogP contribution in [0, 0.1) is 90.6 Å². The highest BCUT2D eigenvalue weighted by Crippen LogP contribution is 2.47. The Balaban J connectivity index is 1.31. The molecule has 0 saturated carbocycles. The zero-order chi connectivity index (χ0) is 53.2. The lowest BCUT2D eigenvalue weighted by atomic mass is 9.89. The number of hydrogen-bond acceptors (Lipinski definition) is 10. The van der Waals surface area contributed by atoms with Crippen LogP contribution in [0.15, 0.2) is 188 Å². The second-order valence-electron chi connectivity index (χ2n) is 17.8. The van der Waals surface area contributed by atoms with Gasteiger partial charge in [-0.3, -0.25) is 0 Å². The molecule has 0 unspecified atom stereocenters. The van der Waals surface area contributed by atoms with Crippen molar-refractivity contribution in [1.29, 1.82) is 42.1 Å². The minimum Gasteiger partial charge on any atom is -0.308 e. The van der Waals surface area contributed by atoms with Crippen molar-refractivity contribution in [3.63, 3.8) is 0 Å². The molecule has 350 valence electrons. The number of benzene rings is 9. The van der Waals surface area contributed by atoms with Crippen LogP contribution in [0.2, 0.25) is 0 Å². The molecular formula is C66H31N11. The Bertz CT molecular complexity index is 4310. The van der Waals surface area contributed by atoms with E-state index >= 15 is 0 Å². The molecule has 11 heteroatoms. The number of aromatic nitrogens is 3. The predicted octanol–water partition coefficient (Wildman–Crippen LogP) is 14.2. The largest absolute Gasteiger partial charge is 0.308 e. The average Bonchev–Trinajstić information content (AvgIpc) is 3.87. The highest BCUT2D eigenvalue weighted by atomic mass is 15.0. The molecule has 0 spiro atoms. The molecule has 0 radical (unpaired) electrons. The van der Waals surface area contributed by atoms with Gasteiger partial charge in [-0.15, -0.1) is 0 Å². The molecule has 77 heavy (non-hydrogen) atoms. The summed E-state index contributed by atoms with van der Waals surface area (Å²) in [5.74, 6) is 0.382. The molecule has 0 aliphatic carbocycles. The van der Waals surface area contributed by atoms with E-state index in [2.05, 4.69) is 41.0 Å². The standard InChI is InChI=1S/C66H31N11/c67-32-40-23-49(36-71)63(50(24-40)37-72)44-19-21-61-55(27-44)56-28-45(64-51(38-73)25-41(33-68)26-52(64)39-74)20-22-62(56)77(61)65-57(53-17-9-7-15-46(53)34-69)29-48(30-58(65)54-18-10-8-16-47(54)35-70)66-75-59(42-11-3-1-4-12-42)31-60(76-66)43-13-5-2-6-14-43/h1-31H. The molecule has 0 atom stereocenters. The van der Waals surface area contributed by atoms with Gasteiger partial charge in [0.05, 0.1) is 121 Å². The summed E-state index contributed by atoms with van der Waals surface area (Å²) in [5.41, 5.74) is 11.0. The third kappa shape index (κ3) is 8.25. The number of rotatable bonds is 8. The number of nitrogens with zero attached hydrogens (tertiary/aromatic N) is 11.